The standard InChI is InChI=1S/C10H9Cl2N3/c1-7(11)10-6-13-15(14-10)9-4-2-3-8(12)5-9/h2-7H,1H3. The van der Waals surface area contributed by atoms with Gasteiger partial charge in [-0.1, -0.05) is 17.7 Å². The fraction of sp³-hybridized carbons (Fsp3) is 0.200. The Kier molecular flexibility index (Phi) is 2.93. The van der Waals surface area contributed by atoms with Gasteiger partial charge in [0.05, 0.1) is 17.3 Å². The zero-order chi connectivity index (χ0) is 10.8. The van der Waals surface area contributed by atoms with Crippen LogP contribution in [0.5, 0.6) is 0 Å². The minimum Gasteiger partial charge on any atom is -0.157 e. The smallest absolute Gasteiger partial charge is 0.101 e. The molecule has 0 saturated carbocycles. The zero-order valence-corrected chi connectivity index (χ0v) is 9.57. The predicted molar refractivity (Wildman–Crippen MR) is 60.6 cm³/mol. The summed E-state index contributed by atoms with van der Waals surface area (Å²) in [5.41, 5.74) is 1.57. The molecule has 0 spiro atoms. The fourth-order valence-corrected chi connectivity index (χ4v) is 1.47. The SMILES string of the molecule is CC(Cl)c1cnn(-c2cccc(Cl)c2)n1. The van der Waals surface area contributed by atoms with Gasteiger partial charge in [-0.05, 0) is 25.1 Å². The molecule has 3 nitrogen and oxygen atoms in total. The van der Waals surface area contributed by atoms with Crippen LogP contribution in [0, 0.1) is 0 Å². The minimum atomic E-state index is -0.141. The Hall–Kier alpha value is -1.06. The van der Waals surface area contributed by atoms with Gasteiger partial charge in [0.2, 0.25) is 0 Å². The van der Waals surface area contributed by atoms with Crippen LogP contribution in [0.15, 0.2) is 30.5 Å². The van der Waals surface area contributed by atoms with Gasteiger partial charge in [-0.25, -0.2) is 0 Å². The summed E-state index contributed by atoms with van der Waals surface area (Å²) in [6.45, 7) is 1.86. The van der Waals surface area contributed by atoms with Gasteiger partial charge < -0.3 is 0 Å². The largest absolute Gasteiger partial charge is 0.157 e. The first-order chi connectivity index (χ1) is 7.16. The maximum absolute atomic E-state index is 5.89. The molecule has 0 aliphatic heterocycles. The van der Waals surface area contributed by atoms with Crippen LogP contribution >= 0.6 is 23.2 Å². The number of hydrogen-bond donors (Lipinski definition) is 0. The van der Waals surface area contributed by atoms with E-state index in [9.17, 15) is 0 Å². The molecule has 0 bridgehead atoms. The lowest BCUT2D eigenvalue weighted by Crippen LogP contribution is -1.99. The molecule has 1 aromatic heterocycles. The first kappa shape index (κ1) is 10.5. The quantitative estimate of drug-likeness (QED) is 0.757. The van der Waals surface area contributed by atoms with Crippen LogP contribution in [0.25, 0.3) is 5.69 Å². The number of halogens is 2. The fourth-order valence-electron chi connectivity index (χ4n) is 1.18. The van der Waals surface area contributed by atoms with Crippen LogP contribution < -0.4 is 0 Å². The van der Waals surface area contributed by atoms with Gasteiger partial charge >= 0.3 is 0 Å². The molecule has 0 aliphatic carbocycles. The number of benzene rings is 1. The highest BCUT2D eigenvalue weighted by molar-refractivity contribution is 6.30. The maximum Gasteiger partial charge on any atom is 0.101 e. The summed E-state index contributed by atoms with van der Waals surface area (Å²) in [4.78, 5) is 1.51. The molecule has 0 amide bonds. The van der Waals surface area contributed by atoms with E-state index in [0.29, 0.717) is 5.02 Å². The van der Waals surface area contributed by atoms with Crippen molar-refractivity contribution in [3.8, 4) is 5.69 Å². The van der Waals surface area contributed by atoms with Crippen LogP contribution in [-0.4, -0.2) is 15.0 Å². The zero-order valence-electron chi connectivity index (χ0n) is 8.06. The Labute approximate surface area is 97.6 Å². The van der Waals surface area contributed by atoms with Gasteiger partial charge in [0.15, 0.2) is 0 Å². The van der Waals surface area contributed by atoms with Crippen molar-refractivity contribution in [2.75, 3.05) is 0 Å². The normalized spacial score (nSPS) is 12.7. The Bertz CT molecular complexity index is 465. The summed E-state index contributed by atoms with van der Waals surface area (Å²) in [6, 6.07) is 7.34. The van der Waals surface area contributed by atoms with E-state index in [-0.39, 0.29) is 5.38 Å². The van der Waals surface area contributed by atoms with E-state index < -0.39 is 0 Å². The van der Waals surface area contributed by atoms with E-state index in [1.807, 2.05) is 19.1 Å². The molecule has 5 heteroatoms. The van der Waals surface area contributed by atoms with Crippen LogP contribution in [0.4, 0.5) is 0 Å². The second-order valence-corrected chi connectivity index (χ2v) is 4.25. The van der Waals surface area contributed by atoms with Gasteiger partial charge in [0.25, 0.3) is 0 Å². The Morgan fingerprint density at radius 1 is 1.40 bits per heavy atom. The van der Waals surface area contributed by atoms with Crippen LogP contribution in [0.3, 0.4) is 0 Å². The minimum absolute atomic E-state index is 0.141. The summed E-state index contributed by atoms with van der Waals surface area (Å²) in [6.07, 6.45) is 1.65. The summed E-state index contributed by atoms with van der Waals surface area (Å²) in [5.74, 6) is 0. The second-order valence-electron chi connectivity index (χ2n) is 3.15. The predicted octanol–water partition coefficient (Wildman–Crippen LogP) is 3.22. The van der Waals surface area contributed by atoms with E-state index in [1.165, 1.54) is 4.80 Å². The van der Waals surface area contributed by atoms with Gasteiger partial charge in [-0.15, -0.1) is 11.6 Å². The van der Waals surface area contributed by atoms with Crippen LogP contribution in [0.1, 0.15) is 18.0 Å². The van der Waals surface area contributed by atoms with Crippen molar-refractivity contribution in [3.63, 3.8) is 0 Å². The molecule has 1 aromatic carbocycles. The van der Waals surface area contributed by atoms with Gasteiger partial charge in [0.1, 0.15) is 5.69 Å². The highest BCUT2D eigenvalue weighted by Crippen LogP contribution is 2.18. The molecule has 0 radical (unpaired) electrons. The van der Waals surface area contributed by atoms with Crippen LogP contribution in [-0.2, 0) is 0 Å². The lowest BCUT2D eigenvalue weighted by molar-refractivity contribution is 0.737. The van der Waals surface area contributed by atoms with E-state index in [2.05, 4.69) is 10.2 Å². The molecule has 2 rings (SSSR count). The third kappa shape index (κ3) is 2.30. The first-order valence-corrected chi connectivity index (χ1v) is 5.30. The highest BCUT2D eigenvalue weighted by atomic mass is 35.5. The number of aromatic nitrogens is 3. The van der Waals surface area contributed by atoms with Crippen molar-refractivity contribution in [3.05, 3.63) is 41.2 Å². The third-order valence-electron chi connectivity index (χ3n) is 1.96. The summed E-state index contributed by atoms with van der Waals surface area (Å²) < 4.78 is 0. The molecule has 0 N–H and O–H groups in total. The number of hydrogen-bond acceptors (Lipinski definition) is 2. The third-order valence-corrected chi connectivity index (χ3v) is 2.41. The summed E-state index contributed by atoms with van der Waals surface area (Å²) >= 11 is 11.8. The number of rotatable bonds is 2. The summed E-state index contributed by atoms with van der Waals surface area (Å²) in [5, 5.41) is 8.86. The molecule has 0 fully saturated rings. The van der Waals surface area contributed by atoms with Crippen molar-refractivity contribution in [1.29, 1.82) is 0 Å². The molecule has 78 valence electrons. The molecule has 0 saturated heterocycles. The first-order valence-electron chi connectivity index (χ1n) is 4.49. The second kappa shape index (κ2) is 4.21. The van der Waals surface area contributed by atoms with Crippen molar-refractivity contribution >= 4 is 23.2 Å². The monoisotopic (exact) mass is 241 g/mol. The van der Waals surface area contributed by atoms with E-state index in [4.69, 9.17) is 23.2 Å². The molecular weight excluding hydrogens is 233 g/mol. The Morgan fingerprint density at radius 3 is 2.80 bits per heavy atom. The van der Waals surface area contributed by atoms with Crippen molar-refractivity contribution < 1.29 is 0 Å². The number of nitrogens with zero attached hydrogens (tertiary/aromatic N) is 3. The van der Waals surface area contributed by atoms with E-state index in [1.54, 1.807) is 18.3 Å². The number of alkyl halides is 1. The Morgan fingerprint density at radius 2 is 2.20 bits per heavy atom. The molecule has 0 aliphatic rings. The lowest BCUT2D eigenvalue weighted by atomic mass is 10.3. The lowest BCUT2D eigenvalue weighted by Gasteiger charge is -1.99. The van der Waals surface area contributed by atoms with Crippen LogP contribution in [0.2, 0.25) is 5.02 Å². The molecule has 1 atom stereocenters. The van der Waals surface area contributed by atoms with E-state index in [0.717, 1.165) is 11.4 Å². The molecule has 15 heavy (non-hydrogen) atoms. The van der Waals surface area contributed by atoms with Gasteiger partial charge in [-0.2, -0.15) is 15.0 Å². The molecule has 1 unspecified atom stereocenters. The van der Waals surface area contributed by atoms with Gasteiger partial charge in [0, 0.05) is 5.02 Å². The highest BCUT2D eigenvalue weighted by Gasteiger charge is 2.07. The molecule has 1 heterocycles. The maximum atomic E-state index is 5.89. The topological polar surface area (TPSA) is 30.7 Å². The molecule has 2 aromatic rings. The Balaban J connectivity index is 2.37. The van der Waals surface area contributed by atoms with Crippen molar-refractivity contribution in [1.82, 2.24) is 15.0 Å². The van der Waals surface area contributed by atoms with Crippen molar-refractivity contribution in [2.24, 2.45) is 0 Å². The van der Waals surface area contributed by atoms with E-state index >= 15 is 0 Å². The van der Waals surface area contributed by atoms with Crippen molar-refractivity contribution in [2.45, 2.75) is 12.3 Å². The molecular formula is C10H9Cl2N3. The average Bonchev–Trinajstić information content (AvgIpc) is 2.66. The average molecular weight is 242 g/mol. The van der Waals surface area contributed by atoms with Gasteiger partial charge in [-0.3, -0.25) is 0 Å². The summed E-state index contributed by atoms with van der Waals surface area (Å²) in [7, 11) is 0.